The molecule has 1 saturated carbocycles. The van der Waals surface area contributed by atoms with Crippen LogP contribution in [0.25, 0.3) is 0 Å². The minimum Gasteiger partial charge on any atom is -0.375 e. The second-order valence-corrected chi connectivity index (χ2v) is 6.29. The number of rotatable bonds is 3. The zero-order valence-corrected chi connectivity index (χ0v) is 11.3. The Morgan fingerprint density at radius 3 is 2.65 bits per heavy atom. The Labute approximate surface area is 105 Å². The fourth-order valence-electron chi connectivity index (χ4n) is 3.13. The van der Waals surface area contributed by atoms with E-state index >= 15 is 0 Å². The fourth-order valence-corrected chi connectivity index (χ4v) is 3.13. The predicted octanol–water partition coefficient (Wildman–Crippen LogP) is 2.62. The monoisotopic (exact) mass is 241 g/mol. The van der Waals surface area contributed by atoms with Gasteiger partial charge >= 0.3 is 0 Å². The third-order valence-electron chi connectivity index (χ3n) is 4.19. The van der Waals surface area contributed by atoms with Gasteiger partial charge in [-0.3, -0.25) is 0 Å². The summed E-state index contributed by atoms with van der Waals surface area (Å²) in [6.45, 7) is 5.59. The molecule has 0 radical (unpaired) electrons. The quantitative estimate of drug-likeness (QED) is 0.826. The predicted molar refractivity (Wildman–Crippen MR) is 69.0 cm³/mol. The van der Waals surface area contributed by atoms with Crippen LogP contribution < -0.4 is 5.73 Å². The molecule has 2 rings (SSSR count). The first-order valence-corrected chi connectivity index (χ1v) is 7.07. The Hall–Kier alpha value is -0.120. The first kappa shape index (κ1) is 13.3. The Kier molecular flexibility index (Phi) is 4.11. The zero-order chi connectivity index (χ0) is 12.4. The normalized spacial score (nSPS) is 29.5. The maximum absolute atomic E-state index is 6.15. The molecule has 17 heavy (non-hydrogen) atoms. The summed E-state index contributed by atoms with van der Waals surface area (Å²) in [6, 6.07) is 0. The fraction of sp³-hybridized carbons (Fsp3) is 1.00. The van der Waals surface area contributed by atoms with Crippen LogP contribution >= 0.6 is 0 Å². The van der Waals surface area contributed by atoms with Crippen LogP contribution in [0.2, 0.25) is 0 Å². The van der Waals surface area contributed by atoms with Crippen LogP contribution in [0.4, 0.5) is 0 Å². The van der Waals surface area contributed by atoms with E-state index in [2.05, 4.69) is 13.8 Å². The molecule has 1 aliphatic heterocycles. The highest BCUT2D eigenvalue weighted by Crippen LogP contribution is 2.40. The van der Waals surface area contributed by atoms with Crippen molar-refractivity contribution >= 4 is 0 Å². The third-order valence-corrected chi connectivity index (χ3v) is 4.19. The lowest BCUT2D eigenvalue weighted by Gasteiger charge is -2.45. The van der Waals surface area contributed by atoms with Gasteiger partial charge in [0.15, 0.2) is 0 Å². The van der Waals surface area contributed by atoms with Crippen LogP contribution in [-0.2, 0) is 9.47 Å². The molecule has 0 aromatic heterocycles. The van der Waals surface area contributed by atoms with E-state index in [-0.39, 0.29) is 11.2 Å². The molecular weight excluding hydrogens is 214 g/mol. The molecule has 1 heterocycles. The van der Waals surface area contributed by atoms with Crippen LogP contribution in [-0.4, -0.2) is 30.5 Å². The van der Waals surface area contributed by atoms with Crippen molar-refractivity contribution in [3.8, 4) is 0 Å². The summed E-state index contributed by atoms with van der Waals surface area (Å²) in [5.74, 6) is 0. The molecular formula is C14H27NO2. The molecule has 2 fully saturated rings. The number of hydrogen-bond donors (Lipinski definition) is 1. The highest BCUT2D eigenvalue weighted by Gasteiger charge is 2.40. The Bertz CT molecular complexity index is 241. The van der Waals surface area contributed by atoms with E-state index in [1.807, 2.05) is 0 Å². The molecule has 1 unspecified atom stereocenters. The topological polar surface area (TPSA) is 44.5 Å². The molecule has 2 aliphatic rings. The summed E-state index contributed by atoms with van der Waals surface area (Å²) in [5, 5.41) is 0. The van der Waals surface area contributed by atoms with Gasteiger partial charge in [0.2, 0.25) is 0 Å². The van der Waals surface area contributed by atoms with Crippen molar-refractivity contribution in [2.75, 3.05) is 13.2 Å². The molecule has 1 spiro atoms. The highest BCUT2D eigenvalue weighted by atomic mass is 16.5. The van der Waals surface area contributed by atoms with Gasteiger partial charge < -0.3 is 15.2 Å². The van der Waals surface area contributed by atoms with Gasteiger partial charge in [-0.25, -0.2) is 0 Å². The average molecular weight is 241 g/mol. The van der Waals surface area contributed by atoms with Gasteiger partial charge in [0.25, 0.3) is 0 Å². The minimum absolute atomic E-state index is 0.131. The summed E-state index contributed by atoms with van der Waals surface area (Å²) in [5.41, 5.74) is 5.67. The standard InChI is InChI=1S/C14H27NO2/c1-13(2,11-15)17-12-6-9-16-14(10-12)7-4-3-5-8-14/h12H,3-11,15H2,1-2H3. The molecule has 0 bridgehead atoms. The van der Waals surface area contributed by atoms with E-state index in [1.54, 1.807) is 0 Å². The van der Waals surface area contributed by atoms with E-state index in [0.29, 0.717) is 12.6 Å². The van der Waals surface area contributed by atoms with Crippen LogP contribution in [0.1, 0.15) is 58.8 Å². The van der Waals surface area contributed by atoms with Gasteiger partial charge in [0.1, 0.15) is 0 Å². The summed E-state index contributed by atoms with van der Waals surface area (Å²) >= 11 is 0. The first-order chi connectivity index (χ1) is 8.05. The van der Waals surface area contributed by atoms with E-state index in [1.165, 1.54) is 32.1 Å². The molecule has 3 heteroatoms. The number of hydrogen-bond acceptors (Lipinski definition) is 3. The smallest absolute Gasteiger partial charge is 0.0751 e. The lowest BCUT2D eigenvalue weighted by molar-refractivity contribution is -0.174. The maximum atomic E-state index is 6.15. The second kappa shape index (κ2) is 5.25. The van der Waals surface area contributed by atoms with Gasteiger partial charge in [-0.2, -0.15) is 0 Å². The molecule has 0 aromatic rings. The summed E-state index contributed by atoms with van der Waals surface area (Å²) in [4.78, 5) is 0. The van der Waals surface area contributed by atoms with Crippen LogP contribution in [0.3, 0.4) is 0 Å². The number of nitrogens with two attached hydrogens (primary N) is 1. The highest BCUT2D eigenvalue weighted by molar-refractivity contribution is 4.91. The average Bonchev–Trinajstić information content (AvgIpc) is 2.29. The Morgan fingerprint density at radius 1 is 1.29 bits per heavy atom. The SMILES string of the molecule is CC(C)(CN)OC1CCOC2(CCCCC2)C1. The van der Waals surface area contributed by atoms with Crippen molar-refractivity contribution < 1.29 is 9.47 Å². The van der Waals surface area contributed by atoms with Crippen molar-refractivity contribution in [3.63, 3.8) is 0 Å². The summed E-state index contributed by atoms with van der Waals surface area (Å²) in [6.07, 6.45) is 8.85. The van der Waals surface area contributed by atoms with E-state index in [9.17, 15) is 0 Å². The number of ether oxygens (including phenoxy) is 2. The molecule has 1 aliphatic carbocycles. The maximum Gasteiger partial charge on any atom is 0.0751 e. The molecule has 0 amide bonds. The van der Waals surface area contributed by atoms with Crippen molar-refractivity contribution in [1.29, 1.82) is 0 Å². The van der Waals surface area contributed by atoms with Crippen LogP contribution in [0, 0.1) is 0 Å². The molecule has 1 saturated heterocycles. The van der Waals surface area contributed by atoms with Gasteiger partial charge in [-0.05, 0) is 33.1 Å². The van der Waals surface area contributed by atoms with E-state index < -0.39 is 0 Å². The zero-order valence-electron chi connectivity index (χ0n) is 11.3. The minimum atomic E-state index is -0.197. The van der Waals surface area contributed by atoms with E-state index in [4.69, 9.17) is 15.2 Å². The van der Waals surface area contributed by atoms with Gasteiger partial charge in [0, 0.05) is 19.6 Å². The van der Waals surface area contributed by atoms with Crippen molar-refractivity contribution in [2.24, 2.45) is 5.73 Å². The summed E-state index contributed by atoms with van der Waals surface area (Å²) < 4.78 is 12.2. The van der Waals surface area contributed by atoms with E-state index in [0.717, 1.165) is 19.4 Å². The van der Waals surface area contributed by atoms with Gasteiger partial charge in [0.05, 0.1) is 17.3 Å². The second-order valence-electron chi connectivity index (χ2n) is 6.29. The van der Waals surface area contributed by atoms with Crippen LogP contribution in [0.5, 0.6) is 0 Å². The Morgan fingerprint density at radius 2 is 2.00 bits per heavy atom. The molecule has 100 valence electrons. The Balaban J connectivity index is 1.92. The molecule has 0 aromatic carbocycles. The van der Waals surface area contributed by atoms with Crippen molar-refractivity contribution in [1.82, 2.24) is 0 Å². The van der Waals surface area contributed by atoms with Crippen molar-refractivity contribution in [2.45, 2.75) is 76.1 Å². The van der Waals surface area contributed by atoms with Gasteiger partial charge in [-0.15, -0.1) is 0 Å². The molecule has 1 atom stereocenters. The van der Waals surface area contributed by atoms with Crippen molar-refractivity contribution in [3.05, 3.63) is 0 Å². The lowest BCUT2D eigenvalue weighted by Crippen LogP contribution is -2.47. The first-order valence-electron chi connectivity index (χ1n) is 7.07. The lowest BCUT2D eigenvalue weighted by atomic mass is 9.79. The molecule has 3 nitrogen and oxygen atoms in total. The third kappa shape index (κ3) is 3.43. The van der Waals surface area contributed by atoms with Crippen LogP contribution in [0.15, 0.2) is 0 Å². The van der Waals surface area contributed by atoms with Gasteiger partial charge in [-0.1, -0.05) is 19.3 Å². The largest absolute Gasteiger partial charge is 0.375 e. The summed E-state index contributed by atoms with van der Waals surface area (Å²) in [7, 11) is 0. The molecule has 2 N–H and O–H groups in total.